The minimum atomic E-state index is -1.87. The van der Waals surface area contributed by atoms with E-state index >= 15 is 0 Å². The van der Waals surface area contributed by atoms with Gasteiger partial charge in [-0.05, 0) is 74.9 Å². The van der Waals surface area contributed by atoms with Gasteiger partial charge in [-0.3, -0.25) is 4.79 Å². The van der Waals surface area contributed by atoms with Crippen molar-refractivity contribution in [3.63, 3.8) is 0 Å². The Balaban J connectivity index is 1.27. The van der Waals surface area contributed by atoms with Crippen LogP contribution in [0.4, 0.5) is 10.1 Å². The first-order valence-corrected chi connectivity index (χ1v) is 10.9. The third-order valence-corrected chi connectivity index (χ3v) is 6.06. The first-order chi connectivity index (χ1) is 14.3. The van der Waals surface area contributed by atoms with E-state index in [0.717, 1.165) is 36.9 Å². The SMILES string of the molecule is C[C@H](NC(=O)C(C)(C)F)c1ccc(C2CN(c3ccc(OCC4CC4)cc3)C2)cc1. The number of carbonyl (C=O) groups is 1. The van der Waals surface area contributed by atoms with Gasteiger partial charge in [-0.25, -0.2) is 4.39 Å². The molecule has 1 saturated heterocycles. The van der Waals surface area contributed by atoms with Gasteiger partial charge in [0.25, 0.3) is 5.91 Å². The summed E-state index contributed by atoms with van der Waals surface area (Å²) >= 11 is 0. The van der Waals surface area contributed by atoms with E-state index in [9.17, 15) is 9.18 Å². The summed E-state index contributed by atoms with van der Waals surface area (Å²) in [6, 6.07) is 16.5. The van der Waals surface area contributed by atoms with E-state index in [1.165, 1.54) is 37.9 Å². The van der Waals surface area contributed by atoms with Gasteiger partial charge in [0.15, 0.2) is 5.67 Å². The Morgan fingerprint density at radius 1 is 1.13 bits per heavy atom. The minimum absolute atomic E-state index is 0.222. The molecule has 1 atom stereocenters. The number of ether oxygens (including phenoxy) is 1. The standard InChI is InChI=1S/C25H31FN2O2/c1-17(27-24(29)25(2,3)26)19-6-8-20(9-7-19)21-14-28(15-21)22-10-12-23(13-11-22)30-16-18-4-5-18/h6-13,17-18,21H,4-5,14-16H2,1-3H3,(H,27,29)/t17-/m0/s1. The van der Waals surface area contributed by atoms with Crippen LogP contribution in [0.15, 0.2) is 48.5 Å². The van der Waals surface area contributed by atoms with Gasteiger partial charge < -0.3 is 15.0 Å². The van der Waals surface area contributed by atoms with Crippen LogP contribution < -0.4 is 15.0 Å². The molecule has 2 aromatic carbocycles. The van der Waals surface area contributed by atoms with Crippen molar-refractivity contribution in [1.82, 2.24) is 5.32 Å². The second-order valence-corrected chi connectivity index (χ2v) is 9.18. The monoisotopic (exact) mass is 410 g/mol. The van der Waals surface area contributed by atoms with Crippen LogP contribution in [0.2, 0.25) is 0 Å². The van der Waals surface area contributed by atoms with E-state index in [1.54, 1.807) is 0 Å². The third-order valence-electron chi connectivity index (χ3n) is 6.06. The Kier molecular flexibility index (Phi) is 5.72. The van der Waals surface area contributed by atoms with Gasteiger partial charge in [0.1, 0.15) is 5.75 Å². The van der Waals surface area contributed by atoms with Crippen LogP contribution in [0.25, 0.3) is 0 Å². The van der Waals surface area contributed by atoms with Gasteiger partial charge in [-0.2, -0.15) is 0 Å². The molecule has 2 aliphatic rings. The predicted molar refractivity (Wildman–Crippen MR) is 118 cm³/mol. The Morgan fingerprint density at radius 3 is 2.33 bits per heavy atom. The number of anilines is 1. The number of carbonyl (C=O) groups excluding carboxylic acids is 1. The van der Waals surface area contributed by atoms with Gasteiger partial charge in [0.2, 0.25) is 0 Å². The van der Waals surface area contributed by atoms with Crippen LogP contribution in [0, 0.1) is 5.92 Å². The zero-order valence-corrected chi connectivity index (χ0v) is 18.0. The second kappa shape index (κ2) is 8.29. The molecule has 1 aliphatic carbocycles. The molecule has 30 heavy (non-hydrogen) atoms. The van der Waals surface area contributed by atoms with E-state index < -0.39 is 11.6 Å². The Hall–Kier alpha value is -2.56. The lowest BCUT2D eigenvalue weighted by Crippen LogP contribution is -2.45. The Morgan fingerprint density at radius 2 is 1.77 bits per heavy atom. The lowest BCUT2D eigenvalue weighted by Gasteiger charge is -2.41. The van der Waals surface area contributed by atoms with Crippen molar-refractivity contribution in [2.24, 2.45) is 5.92 Å². The largest absolute Gasteiger partial charge is 0.493 e. The van der Waals surface area contributed by atoms with Gasteiger partial charge in [0, 0.05) is 24.7 Å². The number of benzene rings is 2. The smallest absolute Gasteiger partial charge is 0.257 e. The first-order valence-electron chi connectivity index (χ1n) is 10.9. The highest BCUT2D eigenvalue weighted by atomic mass is 19.1. The summed E-state index contributed by atoms with van der Waals surface area (Å²) in [6.45, 7) is 7.25. The fourth-order valence-electron chi connectivity index (χ4n) is 3.66. The molecule has 1 heterocycles. The van der Waals surface area contributed by atoms with Gasteiger partial charge >= 0.3 is 0 Å². The summed E-state index contributed by atoms with van der Waals surface area (Å²) in [5, 5.41) is 2.73. The summed E-state index contributed by atoms with van der Waals surface area (Å²) in [6.07, 6.45) is 2.61. The van der Waals surface area contributed by atoms with Crippen molar-refractivity contribution in [1.29, 1.82) is 0 Å². The molecule has 2 fully saturated rings. The molecule has 160 valence electrons. The number of nitrogens with one attached hydrogen (secondary N) is 1. The zero-order chi connectivity index (χ0) is 21.3. The number of nitrogens with zero attached hydrogens (tertiary/aromatic N) is 1. The minimum Gasteiger partial charge on any atom is -0.493 e. The van der Waals surface area contributed by atoms with Crippen LogP contribution in [-0.4, -0.2) is 31.3 Å². The van der Waals surface area contributed by atoms with Crippen molar-refractivity contribution in [2.75, 3.05) is 24.6 Å². The average molecular weight is 411 g/mol. The lowest BCUT2D eigenvalue weighted by molar-refractivity contribution is -0.131. The van der Waals surface area contributed by atoms with Crippen molar-refractivity contribution >= 4 is 11.6 Å². The van der Waals surface area contributed by atoms with E-state index in [1.807, 2.05) is 19.1 Å². The quantitative estimate of drug-likeness (QED) is 0.666. The van der Waals surface area contributed by atoms with Crippen LogP contribution in [0.1, 0.15) is 56.7 Å². The highest BCUT2D eigenvalue weighted by Crippen LogP contribution is 2.34. The molecule has 1 saturated carbocycles. The molecule has 0 bridgehead atoms. The van der Waals surface area contributed by atoms with E-state index in [-0.39, 0.29) is 6.04 Å². The maximum Gasteiger partial charge on any atom is 0.257 e. The highest BCUT2D eigenvalue weighted by Gasteiger charge is 2.30. The molecule has 5 heteroatoms. The molecule has 1 N–H and O–H groups in total. The molecular formula is C25H31FN2O2. The van der Waals surface area contributed by atoms with E-state index in [4.69, 9.17) is 4.74 Å². The molecular weight excluding hydrogens is 379 g/mol. The number of amides is 1. The maximum atomic E-state index is 13.7. The molecule has 1 aliphatic heterocycles. The summed E-state index contributed by atoms with van der Waals surface area (Å²) in [4.78, 5) is 14.2. The van der Waals surface area contributed by atoms with E-state index in [2.05, 4.69) is 46.6 Å². The predicted octanol–water partition coefficient (Wildman–Crippen LogP) is 5.00. The van der Waals surface area contributed by atoms with Crippen LogP contribution in [-0.2, 0) is 4.79 Å². The second-order valence-electron chi connectivity index (χ2n) is 9.18. The number of halogens is 1. The Bertz CT molecular complexity index is 864. The molecule has 0 unspecified atom stereocenters. The highest BCUT2D eigenvalue weighted by molar-refractivity contribution is 5.84. The van der Waals surface area contributed by atoms with Gasteiger partial charge in [-0.15, -0.1) is 0 Å². The summed E-state index contributed by atoms with van der Waals surface area (Å²) in [5.74, 6) is 1.63. The molecule has 1 amide bonds. The van der Waals surface area contributed by atoms with Crippen LogP contribution in [0.3, 0.4) is 0 Å². The zero-order valence-electron chi connectivity index (χ0n) is 18.0. The molecule has 4 nitrogen and oxygen atoms in total. The molecule has 4 rings (SSSR count). The van der Waals surface area contributed by atoms with Crippen LogP contribution >= 0.6 is 0 Å². The van der Waals surface area contributed by atoms with Crippen molar-refractivity contribution < 1.29 is 13.9 Å². The molecule has 2 aromatic rings. The van der Waals surface area contributed by atoms with Crippen molar-refractivity contribution in [2.45, 2.75) is 51.2 Å². The lowest BCUT2D eigenvalue weighted by atomic mass is 9.90. The molecule has 0 radical (unpaired) electrons. The number of hydrogen-bond acceptors (Lipinski definition) is 3. The van der Waals surface area contributed by atoms with Gasteiger partial charge in [0.05, 0.1) is 12.6 Å². The fourth-order valence-corrected chi connectivity index (χ4v) is 3.66. The summed E-state index contributed by atoms with van der Waals surface area (Å²) in [5.41, 5.74) is 1.63. The van der Waals surface area contributed by atoms with E-state index in [0.29, 0.717) is 5.92 Å². The van der Waals surface area contributed by atoms with Gasteiger partial charge in [-0.1, -0.05) is 24.3 Å². The van der Waals surface area contributed by atoms with Crippen molar-refractivity contribution in [3.8, 4) is 5.75 Å². The topological polar surface area (TPSA) is 41.6 Å². The van der Waals surface area contributed by atoms with Crippen LogP contribution in [0.5, 0.6) is 5.75 Å². The van der Waals surface area contributed by atoms with Crippen molar-refractivity contribution in [3.05, 3.63) is 59.7 Å². The molecule has 0 spiro atoms. The summed E-state index contributed by atoms with van der Waals surface area (Å²) < 4.78 is 19.5. The Labute approximate surface area is 178 Å². The average Bonchev–Trinajstić information content (AvgIpc) is 3.50. The molecule has 0 aromatic heterocycles. The maximum absolute atomic E-state index is 13.7. The first kappa shape index (κ1) is 20.7. The number of alkyl halides is 1. The third kappa shape index (κ3) is 4.94. The number of rotatable bonds is 8. The normalized spacial score (nSPS) is 17.9. The summed E-state index contributed by atoms with van der Waals surface area (Å²) in [7, 11) is 0. The number of hydrogen-bond donors (Lipinski definition) is 1. The fraction of sp³-hybridized carbons (Fsp3) is 0.480.